The number of benzene rings is 1. The summed E-state index contributed by atoms with van der Waals surface area (Å²) in [5, 5.41) is 2.72. The van der Waals surface area contributed by atoms with Crippen LogP contribution in [0.4, 0.5) is 4.39 Å². The van der Waals surface area contributed by atoms with Crippen molar-refractivity contribution in [1.29, 1.82) is 0 Å². The van der Waals surface area contributed by atoms with Gasteiger partial charge in [0.15, 0.2) is 0 Å². The summed E-state index contributed by atoms with van der Waals surface area (Å²) in [7, 11) is 1.48. The van der Waals surface area contributed by atoms with E-state index < -0.39 is 11.8 Å². The molecule has 0 aliphatic heterocycles. The summed E-state index contributed by atoms with van der Waals surface area (Å²) in [6, 6.07) is 4.09. The summed E-state index contributed by atoms with van der Waals surface area (Å²) in [6.07, 6.45) is 0.113. The molecular weight excluding hydrogens is 281 g/mol. The van der Waals surface area contributed by atoms with Crippen LogP contribution in [0.15, 0.2) is 23.6 Å². The van der Waals surface area contributed by atoms with Gasteiger partial charge in [-0.05, 0) is 25.1 Å². The lowest BCUT2D eigenvalue weighted by Gasteiger charge is -2.09. The van der Waals surface area contributed by atoms with E-state index >= 15 is 0 Å². The maximum absolute atomic E-state index is 13.2. The monoisotopic (exact) mass is 295 g/mol. The van der Waals surface area contributed by atoms with Crippen LogP contribution in [0.2, 0.25) is 0 Å². The topological polar surface area (TPSA) is 48.4 Å². The highest BCUT2D eigenvalue weighted by atomic mass is 32.1. The van der Waals surface area contributed by atoms with Crippen molar-refractivity contribution in [1.82, 2.24) is 4.98 Å². The number of aromatic nitrogens is 1. The molecule has 0 radical (unpaired) electrons. The molecule has 1 aromatic heterocycles. The summed E-state index contributed by atoms with van der Waals surface area (Å²) in [6.45, 7) is 1.85. The van der Waals surface area contributed by atoms with Crippen molar-refractivity contribution in [2.75, 3.05) is 7.11 Å². The second-order valence-corrected chi connectivity index (χ2v) is 5.21. The quantitative estimate of drug-likeness (QED) is 0.796. The van der Waals surface area contributed by atoms with Gasteiger partial charge < -0.3 is 9.47 Å². The molecule has 0 bridgehead atoms. The van der Waals surface area contributed by atoms with E-state index in [-0.39, 0.29) is 13.0 Å². The molecule has 0 unspecified atom stereocenters. The van der Waals surface area contributed by atoms with Crippen molar-refractivity contribution in [2.24, 2.45) is 0 Å². The molecule has 20 heavy (non-hydrogen) atoms. The van der Waals surface area contributed by atoms with Gasteiger partial charge in [-0.3, -0.25) is 4.79 Å². The van der Waals surface area contributed by atoms with E-state index in [0.29, 0.717) is 17.0 Å². The molecule has 0 N–H and O–H groups in total. The van der Waals surface area contributed by atoms with E-state index in [1.54, 1.807) is 0 Å². The Kier molecular flexibility index (Phi) is 4.68. The van der Waals surface area contributed by atoms with Crippen molar-refractivity contribution in [3.63, 3.8) is 0 Å². The van der Waals surface area contributed by atoms with Gasteiger partial charge in [0, 0.05) is 10.9 Å². The molecule has 0 saturated carbocycles. The van der Waals surface area contributed by atoms with E-state index in [2.05, 4.69) is 4.98 Å². The summed E-state index contributed by atoms with van der Waals surface area (Å²) in [5.74, 6) is -0.308. The average Bonchev–Trinajstić information content (AvgIpc) is 2.82. The number of rotatable bonds is 5. The molecule has 0 spiro atoms. The van der Waals surface area contributed by atoms with Gasteiger partial charge in [-0.15, -0.1) is 11.3 Å². The largest absolute Gasteiger partial charge is 0.496 e. The number of halogens is 1. The number of hydrogen-bond donors (Lipinski definition) is 0. The van der Waals surface area contributed by atoms with Gasteiger partial charge in [0.25, 0.3) is 0 Å². The Hall–Kier alpha value is -1.95. The van der Waals surface area contributed by atoms with E-state index in [0.717, 1.165) is 5.01 Å². The van der Waals surface area contributed by atoms with Gasteiger partial charge in [-0.1, -0.05) is 0 Å². The molecule has 0 fully saturated rings. The first kappa shape index (κ1) is 14.5. The fraction of sp³-hybridized carbons (Fsp3) is 0.286. The van der Waals surface area contributed by atoms with Crippen LogP contribution in [0.1, 0.15) is 16.3 Å². The summed E-state index contributed by atoms with van der Waals surface area (Å²) in [4.78, 5) is 15.9. The minimum absolute atomic E-state index is 0.0249. The number of aryl methyl sites for hydroxylation is 1. The summed E-state index contributed by atoms with van der Waals surface area (Å²) in [5.41, 5.74) is 1.18. The number of methoxy groups -OCH3 is 1. The fourth-order valence-electron chi connectivity index (χ4n) is 1.71. The first-order chi connectivity index (χ1) is 9.58. The minimum Gasteiger partial charge on any atom is -0.496 e. The summed E-state index contributed by atoms with van der Waals surface area (Å²) >= 11 is 1.48. The van der Waals surface area contributed by atoms with Crippen LogP contribution in [0, 0.1) is 12.7 Å². The molecule has 0 saturated heterocycles. The van der Waals surface area contributed by atoms with Gasteiger partial charge in [-0.25, -0.2) is 9.37 Å². The van der Waals surface area contributed by atoms with E-state index in [1.165, 1.54) is 36.6 Å². The molecule has 1 heterocycles. The first-order valence-corrected chi connectivity index (χ1v) is 6.85. The molecule has 0 amide bonds. The second kappa shape index (κ2) is 6.47. The molecule has 2 aromatic rings. The predicted octanol–water partition coefficient (Wildman–Crippen LogP) is 2.89. The van der Waals surface area contributed by atoms with Crippen molar-refractivity contribution in [3.05, 3.63) is 45.7 Å². The fourth-order valence-corrected chi connectivity index (χ4v) is 2.32. The Morgan fingerprint density at radius 3 is 2.90 bits per heavy atom. The third-order valence-corrected chi connectivity index (χ3v) is 3.45. The number of hydrogen-bond acceptors (Lipinski definition) is 5. The van der Waals surface area contributed by atoms with Crippen LogP contribution in [-0.2, 0) is 22.6 Å². The SMILES string of the molecule is COc1ccc(F)cc1COC(=O)Cc1csc(C)n1. The molecule has 4 nitrogen and oxygen atoms in total. The highest BCUT2D eigenvalue weighted by Crippen LogP contribution is 2.20. The number of esters is 1. The van der Waals surface area contributed by atoms with Gasteiger partial charge in [0.2, 0.25) is 0 Å². The molecule has 1 aromatic carbocycles. The number of carbonyl (C=O) groups excluding carboxylic acids is 1. The summed E-state index contributed by atoms with van der Waals surface area (Å²) < 4.78 is 23.4. The zero-order valence-electron chi connectivity index (χ0n) is 11.2. The third-order valence-electron chi connectivity index (χ3n) is 2.62. The van der Waals surface area contributed by atoms with Crippen LogP contribution in [0.25, 0.3) is 0 Å². The molecule has 106 valence electrons. The van der Waals surface area contributed by atoms with E-state index in [1.807, 2.05) is 12.3 Å². The Balaban J connectivity index is 1.94. The van der Waals surface area contributed by atoms with Crippen molar-refractivity contribution in [2.45, 2.75) is 20.0 Å². The van der Waals surface area contributed by atoms with Crippen LogP contribution < -0.4 is 4.74 Å². The average molecular weight is 295 g/mol. The predicted molar refractivity (Wildman–Crippen MR) is 73.3 cm³/mol. The lowest BCUT2D eigenvalue weighted by atomic mass is 10.2. The number of carbonyl (C=O) groups is 1. The van der Waals surface area contributed by atoms with Crippen molar-refractivity contribution >= 4 is 17.3 Å². The molecule has 6 heteroatoms. The Bertz CT molecular complexity index is 612. The Morgan fingerprint density at radius 2 is 2.25 bits per heavy atom. The number of nitrogens with zero attached hydrogens (tertiary/aromatic N) is 1. The minimum atomic E-state index is -0.401. The molecule has 2 rings (SSSR count). The maximum atomic E-state index is 13.2. The first-order valence-electron chi connectivity index (χ1n) is 5.97. The standard InChI is InChI=1S/C14H14FNO3S/c1-9-16-12(8-20-9)6-14(17)19-7-10-5-11(15)3-4-13(10)18-2/h3-5,8H,6-7H2,1-2H3. The number of thiazole rings is 1. The number of ether oxygens (including phenoxy) is 2. The zero-order valence-corrected chi connectivity index (χ0v) is 12.0. The third kappa shape index (κ3) is 3.77. The van der Waals surface area contributed by atoms with Crippen LogP contribution in [-0.4, -0.2) is 18.1 Å². The van der Waals surface area contributed by atoms with Gasteiger partial charge in [0.05, 0.1) is 24.2 Å². The highest BCUT2D eigenvalue weighted by molar-refractivity contribution is 7.09. The molecular formula is C14H14FNO3S. The van der Waals surface area contributed by atoms with Gasteiger partial charge in [0.1, 0.15) is 18.2 Å². The van der Waals surface area contributed by atoms with Gasteiger partial charge >= 0.3 is 5.97 Å². The molecule has 0 atom stereocenters. The van der Waals surface area contributed by atoms with E-state index in [4.69, 9.17) is 9.47 Å². The lowest BCUT2D eigenvalue weighted by molar-refractivity contribution is -0.144. The van der Waals surface area contributed by atoms with Crippen molar-refractivity contribution in [3.8, 4) is 5.75 Å². The molecule has 0 aliphatic rings. The van der Waals surface area contributed by atoms with Crippen LogP contribution in [0.5, 0.6) is 5.75 Å². The second-order valence-electron chi connectivity index (χ2n) is 4.15. The highest BCUT2D eigenvalue weighted by Gasteiger charge is 2.10. The van der Waals surface area contributed by atoms with Crippen molar-refractivity contribution < 1.29 is 18.7 Å². The van der Waals surface area contributed by atoms with E-state index in [9.17, 15) is 9.18 Å². The Labute approximate surface area is 120 Å². The maximum Gasteiger partial charge on any atom is 0.312 e. The molecule has 0 aliphatic carbocycles. The normalized spacial score (nSPS) is 10.3. The lowest BCUT2D eigenvalue weighted by Crippen LogP contribution is -2.09. The van der Waals surface area contributed by atoms with Crippen LogP contribution in [0.3, 0.4) is 0 Å². The van der Waals surface area contributed by atoms with Gasteiger partial charge in [-0.2, -0.15) is 0 Å². The Morgan fingerprint density at radius 1 is 1.45 bits per heavy atom. The van der Waals surface area contributed by atoms with Crippen LogP contribution >= 0.6 is 11.3 Å². The smallest absolute Gasteiger partial charge is 0.312 e. The zero-order chi connectivity index (χ0) is 14.5.